The van der Waals surface area contributed by atoms with E-state index in [0.717, 1.165) is 6.07 Å². The maximum Gasteiger partial charge on any atom is 0.269 e. The Balaban J connectivity index is 2.89. The molecule has 0 fully saturated rings. The Bertz CT molecular complexity index is 392. The van der Waals surface area contributed by atoms with Gasteiger partial charge in [-0.3, -0.25) is 20.2 Å². The second kappa shape index (κ2) is 4.47. The van der Waals surface area contributed by atoms with Crippen molar-refractivity contribution in [3.63, 3.8) is 0 Å². The topological polar surface area (TPSA) is 107 Å². The van der Waals surface area contributed by atoms with Crippen molar-refractivity contribution in [1.29, 1.82) is 0 Å². The number of hydrogen-bond donors (Lipinski definition) is 1. The van der Waals surface area contributed by atoms with Crippen molar-refractivity contribution in [1.82, 2.24) is 0 Å². The average Bonchev–Trinajstić information content (AvgIpc) is 2.17. The number of aliphatic hydroxyl groups is 1. The molecule has 0 amide bonds. The summed E-state index contributed by atoms with van der Waals surface area (Å²) < 4.78 is 0. The molecule has 1 atom stereocenters. The lowest BCUT2D eigenvalue weighted by Crippen LogP contribution is -2.11. The SMILES string of the molecule is O=[N+]([O-])C[C@H](O)c1cccc([N+](=O)[O-])c1. The van der Waals surface area contributed by atoms with Gasteiger partial charge in [0, 0.05) is 17.1 Å². The van der Waals surface area contributed by atoms with Crippen molar-refractivity contribution in [2.45, 2.75) is 6.10 Å². The fourth-order valence-electron chi connectivity index (χ4n) is 1.09. The molecule has 0 saturated carbocycles. The first-order chi connectivity index (χ1) is 7.00. The van der Waals surface area contributed by atoms with Crippen LogP contribution < -0.4 is 0 Å². The summed E-state index contributed by atoms with van der Waals surface area (Å²) in [5, 5.41) is 29.8. The fraction of sp³-hybridized carbons (Fsp3) is 0.250. The van der Waals surface area contributed by atoms with E-state index >= 15 is 0 Å². The second-order valence-electron chi connectivity index (χ2n) is 2.88. The number of nitrogens with zero attached hydrogens (tertiary/aromatic N) is 2. The van der Waals surface area contributed by atoms with Gasteiger partial charge in [-0.1, -0.05) is 12.1 Å². The van der Waals surface area contributed by atoms with Crippen LogP contribution in [0.4, 0.5) is 5.69 Å². The summed E-state index contributed by atoms with van der Waals surface area (Å²) in [4.78, 5) is 19.2. The Hall–Kier alpha value is -2.02. The van der Waals surface area contributed by atoms with Gasteiger partial charge in [0.15, 0.2) is 0 Å². The largest absolute Gasteiger partial charge is 0.382 e. The van der Waals surface area contributed by atoms with E-state index in [1.54, 1.807) is 0 Å². The van der Waals surface area contributed by atoms with Gasteiger partial charge in [0.25, 0.3) is 5.69 Å². The van der Waals surface area contributed by atoms with E-state index < -0.39 is 22.5 Å². The number of hydrogen-bond acceptors (Lipinski definition) is 5. The van der Waals surface area contributed by atoms with Gasteiger partial charge in [0.2, 0.25) is 6.54 Å². The number of nitro benzene ring substituents is 1. The molecule has 0 heterocycles. The molecule has 1 aromatic rings. The molecule has 0 unspecified atom stereocenters. The lowest BCUT2D eigenvalue weighted by molar-refractivity contribution is -0.491. The van der Waals surface area contributed by atoms with Crippen molar-refractivity contribution in [2.24, 2.45) is 0 Å². The fourth-order valence-corrected chi connectivity index (χ4v) is 1.09. The Labute approximate surface area is 84.3 Å². The van der Waals surface area contributed by atoms with Crippen molar-refractivity contribution >= 4 is 5.69 Å². The lowest BCUT2D eigenvalue weighted by Gasteiger charge is -2.05. The maximum atomic E-state index is 10.4. The molecule has 7 nitrogen and oxygen atoms in total. The van der Waals surface area contributed by atoms with Gasteiger partial charge in [0.05, 0.1) is 4.92 Å². The van der Waals surface area contributed by atoms with Crippen LogP contribution in [-0.2, 0) is 0 Å². The third kappa shape index (κ3) is 2.99. The van der Waals surface area contributed by atoms with Crippen molar-refractivity contribution < 1.29 is 15.0 Å². The molecular formula is C8H8N2O5. The van der Waals surface area contributed by atoms with Crippen LogP contribution in [0.2, 0.25) is 0 Å². The zero-order valence-electron chi connectivity index (χ0n) is 7.57. The summed E-state index contributed by atoms with van der Waals surface area (Å²) in [6, 6.07) is 5.15. The summed E-state index contributed by atoms with van der Waals surface area (Å²) in [7, 11) is 0. The number of benzene rings is 1. The molecule has 0 spiro atoms. The molecule has 0 radical (unpaired) electrons. The number of aliphatic hydroxyl groups excluding tert-OH is 1. The van der Waals surface area contributed by atoms with Crippen LogP contribution in [0.1, 0.15) is 11.7 Å². The first kappa shape index (κ1) is 11.1. The molecular weight excluding hydrogens is 204 g/mol. The maximum absolute atomic E-state index is 10.4. The van der Waals surface area contributed by atoms with Gasteiger partial charge < -0.3 is 5.11 Å². The minimum atomic E-state index is -1.32. The van der Waals surface area contributed by atoms with E-state index in [2.05, 4.69) is 0 Å². The van der Waals surface area contributed by atoms with E-state index in [1.807, 2.05) is 0 Å². The van der Waals surface area contributed by atoms with Crippen LogP contribution in [0.3, 0.4) is 0 Å². The highest BCUT2D eigenvalue weighted by molar-refractivity contribution is 5.35. The van der Waals surface area contributed by atoms with Crippen LogP contribution in [-0.4, -0.2) is 21.5 Å². The standard InChI is InChI=1S/C8H8N2O5/c11-8(5-9(12)13)6-2-1-3-7(4-6)10(14)15/h1-4,8,11H,5H2/t8-/m0/s1. The molecule has 0 aliphatic heterocycles. The quantitative estimate of drug-likeness (QED) is 0.589. The van der Waals surface area contributed by atoms with E-state index in [0.29, 0.717) is 0 Å². The van der Waals surface area contributed by atoms with Gasteiger partial charge in [0.1, 0.15) is 6.10 Å². The lowest BCUT2D eigenvalue weighted by atomic mass is 10.1. The average molecular weight is 212 g/mol. The molecule has 0 aromatic heterocycles. The predicted molar refractivity (Wildman–Crippen MR) is 49.9 cm³/mol. The summed E-state index contributed by atoms with van der Waals surface area (Å²) in [5.74, 6) is 0. The molecule has 1 aromatic carbocycles. The molecule has 0 aliphatic rings. The molecule has 0 saturated heterocycles. The van der Waals surface area contributed by atoms with Gasteiger partial charge in [-0.2, -0.15) is 0 Å². The third-order valence-electron chi connectivity index (χ3n) is 1.79. The zero-order chi connectivity index (χ0) is 11.4. The zero-order valence-corrected chi connectivity index (χ0v) is 7.57. The summed E-state index contributed by atoms with van der Waals surface area (Å²) in [6.07, 6.45) is -1.32. The van der Waals surface area contributed by atoms with Crippen molar-refractivity contribution in [2.75, 3.05) is 6.54 Å². The van der Waals surface area contributed by atoms with Gasteiger partial charge >= 0.3 is 0 Å². The Morgan fingerprint density at radius 2 is 2.00 bits per heavy atom. The first-order valence-corrected chi connectivity index (χ1v) is 4.05. The van der Waals surface area contributed by atoms with Crippen molar-refractivity contribution in [3.05, 3.63) is 50.1 Å². The summed E-state index contributed by atoms with van der Waals surface area (Å²) >= 11 is 0. The molecule has 0 aliphatic carbocycles. The van der Waals surface area contributed by atoms with E-state index in [1.165, 1.54) is 18.2 Å². The first-order valence-electron chi connectivity index (χ1n) is 4.05. The van der Waals surface area contributed by atoms with Gasteiger partial charge in [-0.15, -0.1) is 0 Å². The molecule has 80 valence electrons. The van der Waals surface area contributed by atoms with Gasteiger partial charge in [-0.25, -0.2) is 0 Å². The Kier molecular flexibility index (Phi) is 3.29. The number of non-ortho nitro benzene ring substituents is 1. The van der Waals surface area contributed by atoms with Gasteiger partial charge in [-0.05, 0) is 5.56 Å². The summed E-state index contributed by atoms with van der Waals surface area (Å²) in [5.41, 5.74) is -0.0317. The highest BCUT2D eigenvalue weighted by Crippen LogP contribution is 2.19. The monoisotopic (exact) mass is 212 g/mol. The van der Waals surface area contributed by atoms with Crippen LogP contribution in [0.25, 0.3) is 0 Å². The molecule has 7 heteroatoms. The smallest absolute Gasteiger partial charge is 0.269 e. The Morgan fingerprint density at radius 3 is 2.53 bits per heavy atom. The third-order valence-corrected chi connectivity index (χ3v) is 1.79. The van der Waals surface area contributed by atoms with Crippen LogP contribution in [0.5, 0.6) is 0 Å². The number of rotatable bonds is 4. The highest BCUT2D eigenvalue weighted by atomic mass is 16.6. The normalized spacial score (nSPS) is 12.1. The summed E-state index contributed by atoms with van der Waals surface area (Å²) in [6.45, 7) is -0.666. The number of nitro groups is 2. The minimum Gasteiger partial charge on any atom is -0.382 e. The van der Waals surface area contributed by atoms with Crippen LogP contribution in [0.15, 0.2) is 24.3 Å². The molecule has 1 rings (SSSR count). The van der Waals surface area contributed by atoms with Crippen LogP contribution in [0, 0.1) is 20.2 Å². The Morgan fingerprint density at radius 1 is 1.33 bits per heavy atom. The highest BCUT2D eigenvalue weighted by Gasteiger charge is 2.16. The second-order valence-corrected chi connectivity index (χ2v) is 2.88. The molecule has 1 N–H and O–H groups in total. The predicted octanol–water partition coefficient (Wildman–Crippen LogP) is 0.905. The molecule has 0 bridgehead atoms. The minimum absolute atomic E-state index is 0.168. The van der Waals surface area contributed by atoms with Crippen LogP contribution >= 0.6 is 0 Å². The van der Waals surface area contributed by atoms with E-state index in [9.17, 15) is 25.3 Å². The van der Waals surface area contributed by atoms with E-state index in [4.69, 9.17) is 0 Å². The van der Waals surface area contributed by atoms with E-state index in [-0.39, 0.29) is 11.3 Å². The molecule has 15 heavy (non-hydrogen) atoms. The van der Waals surface area contributed by atoms with Crippen molar-refractivity contribution in [3.8, 4) is 0 Å².